The molecular weight excluding hydrogens is 346 g/mol. The zero-order chi connectivity index (χ0) is 18.5. The highest BCUT2D eigenvalue weighted by Crippen LogP contribution is 2.26. The van der Waals surface area contributed by atoms with Crippen LogP contribution in [0, 0.1) is 6.92 Å². The van der Waals surface area contributed by atoms with Gasteiger partial charge in [0.25, 0.3) is 0 Å². The first-order valence-electron chi connectivity index (χ1n) is 9.03. The summed E-state index contributed by atoms with van der Waals surface area (Å²) in [5, 5.41) is 3.30. The van der Waals surface area contributed by atoms with Crippen molar-refractivity contribution in [2.45, 2.75) is 39.0 Å². The first kappa shape index (κ1) is 18.8. The highest BCUT2D eigenvalue weighted by atomic mass is 32.2. The molecule has 0 radical (unpaired) electrons. The van der Waals surface area contributed by atoms with E-state index in [0.717, 1.165) is 41.3 Å². The van der Waals surface area contributed by atoms with Gasteiger partial charge in [-0.25, -0.2) is 4.79 Å². The second-order valence-electron chi connectivity index (χ2n) is 6.86. The summed E-state index contributed by atoms with van der Waals surface area (Å²) >= 11 is 1.86. The second-order valence-corrected chi connectivity index (χ2v) is 7.97. The maximum atomic E-state index is 11.9. The lowest BCUT2D eigenvalue weighted by Gasteiger charge is -2.12. The Hall–Kier alpha value is -1.98. The lowest BCUT2D eigenvalue weighted by atomic mass is 9.95. The molecular formula is C21H26NO3S+. The van der Waals surface area contributed by atoms with Crippen molar-refractivity contribution in [3.63, 3.8) is 0 Å². The molecule has 0 spiro atoms. The van der Waals surface area contributed by atoms with E-state index in [1.165, 1.54) is 11.1 Å². The molecule has 5 heteroatoms. The first-order valence-corrected chi connectivity index (χ1v) is 10.2. The van der Waals surface area contributed by atoms with E-state index in [9.17, 15) is 4.79 Å². The molecule has 26 heavy (non-hydrogen) atoms. The van der Waals surface area contributed by atoms with Gasteiger partial charge in [0.05, 0.1) is 18.6 Å². The maximum absolute atomic E-state index is 11.9. The van der Waals surface area contributed by atoms with E-state index in [-0.39, 0.29) is 5.63 Å². The van der Waals surface area contributed by atoms with E-state index in [1.807, 2.05) is 30.0 Å². The summed E-state index contributed by atoms with van der Waals surface area (Å²) in [6, 6.07) is 9.73. The van der Waals surface area contributed by atoms with Gasteiger partial charge in [-0.15, -0.1) is 11.8 Å². The Morgan fingerprint density at radius 1 is 1.23 bits per heavy atom. The number of thioether (sulfide) groups is 1. The van der Waals surface area contributed by atoms with Crippen LogP contribution in [0.3, 0.4) is 0 Å². The average molecular weight is 373 g/mol. The second kappa shape index (κ2) is 8.60. The molecule has 2 N–H and O–H groups in total. The van der Waals surface area contributed by atoms with Gasteiger partial charge < -0.3 is 14.2 Å². The summed E-state index contributed by atoms with van der Waals surface area (Å²) in [5.41, 5.74) is 3.95. The number of fused-ring (bicyclic) bond motifs is 1. The van der Waals surface area contributed by atoms with Crippen LogP contribution in [0.1, 0.15) is 42.2 Å². The van der Waals surface area contributed by atoms with Crippen LogP contribution < -0.4 is 10.9 Å². The fraction of sp³-hybridized carbons (Fsp3) is 0.381. The molecule has 0 saturated heterocycles. The van der Waals surface area contributed by atoms with E-state index in [1.54, 1.807) is 12.3 Å². The lowest BCUT2D eigenvalue weighted by molar-refractivity contribution is -0.666. The van der Waals surface area contributed by atoms with Crippen molar-refractivity contribution in [2.75, 3.05) is 12.3 Å². The Bertz CT molecular complexity index is 913. The molecule has 1 aromatic carbocycles. The van der Waals surface area contributed by atoms with Crippen molar-refractivity contribution in [1.82, 2.24) is 0 Å². The first-order chi connectivity index (χ1) is 12.5. The van der Waals surface area contributed by atoms with Crippen LogP contribution in [-0.4, -0.2) is 12.3 Å². The number of quaternary nitrogens is 1. The Balaban J connectivity index is 1.64. The molecule has 0 aliphatic rings. The van der Waals surface area contributed by atoms with Gasteiger partial charge in [-0.2, -0.15) is 0 Å². The Morgan fingerprint density at radius 2 is 2.08 bits per heavy atom. The van der Waals surface area contributed by atoms with Crippen molar-refractivity contribution in [3.05, 3.63) is 69.5 Å². The molecule has 2 aromatic heterocycles. The third kappa shape index (κ3) is 4.59. The average Bonchev–Trinajstić information content (AvgIpc) is 3.10. The van der Waals surface area contributed by atoms with Crippen LogP contribution in [-0.2, 0) is 12.3 Å². The Morgan fingerprint density at radius 3 is 2.81 bits per heavy atom. The minimum atomic E-state index is -0.273. The third-order valence-electron chi connectivity index (χ3n) is 4.49. The Labute approximate surface area is 158 Å². The van der Waals surface area contributed by atoms with Gasteiger partial charge in [0, 0.05) is 22.8 Å². The fourth-order valence-electron chi connectivity index (χ4n) is 3.17. The largest absolute Gasteiger partial charge is 0.468 e. The third-order valence-corrected chi connectivity index (χ3v) is 5.51. The molecule has 0 amide bonds. The Kier molecular flexibility index (Phi) is 6.22. The van der Waals surface area contributed by atoms with Crippen molar-refractivity contribution in [2.24, 2.45) is 0 Å². The van der Waals surface area contributed by atoms with Crippen LogP contribution in [0.25, 0.3) is 11.0 Å². The van der Waals surface area contributed by atoms with E-state index < -0.39 is 0 Å². The summed E-state index contributed by atoms with van der Waals surface area (Å²) in [6.07, 6.45) is 1.71. The molecule has 138 valence electrons. The molecule has 2 heterocycles. The molecule has 0 saturated carbocycles. The van der Waals surface area contributed by atoms with Crippen LogP contribution in [0.15, 0.2) is 50.2 Å². The van der Waals surface area contributed by atoms with Crippen LogP contribution >= 0.6 is 11.8 Å². The number of benzene rings is 1. The van der Waals surface area contributed by atoms with Gasteiger partial charge in [-0.1, -0.05) is 13.8 Å². The quantitative estimate of drug-likeness (QED) is 0.482. The van der Waals surface area contributed by atoms with Gasteiger partial charge in [0.2, 0.25) is 0 Å². The summed E-state index contributed by atoms with van der Waals surface area (Å²) in [4.78, 5) is 11.9. The maximum Gasteiger partial charge on any atom is 0.336 e. The number of furan rings is 1. The van der Waals surface area contributed by atoms with Gasteiger partial charge in [-0.3, -0.25) is 0 Å². The molecule has 3 rings (SSSR count). The fourth-order valence-corrected chi connectivity index (χ4v) is 4.02. The number of hydrogen-bond donors (Lipinski definition) is 1. The van der Waals surface area contributed by atoms with Gasteiger partial charge in [-0.05, 0) is 48.2 Å². The van der Waals surface area contributed by atoms with E-state index >= 15 is 0 Å². The molecule has 3 aromatic rings. The lowest BCUT2D eigenvalue weighted by Crippen LogP contribution is -2.83. The molecule has 4 nitrogen and oxygen atoms in total. The van der Waals surface area contributed by atoms with Crippen LogP contribution in [0.5, 0.6) is 0 Å². The van der Waals surface area contributed by atoms with Crippen LogP contribution in [0.4, 0.5) is 0 Å². The van der Waals surface area contributed by atoms with Crippen molar-refractivity contribution < 1.29 is 14.2 Å². The molecule has 0 bridgehead atoms. The van der Waals surface area contributed by atoms with E-state index in [4.69, 9.17) is 8.83 Å². The summed E-state index contributed by atoms with van der Waals surface area (Å²) in [6.45, 7) is 8.23. The highest BCUT2D eigenvalue weighted by Gasteiger charge is 2.12. The topological polar surface area (TPSA) is 60.0 Å². The minimum absolute atomic E-state index is 0.273. The summed E-state index contributed by atoms with van der Waals surface area (Å²) in [7, 11) is 0. The van der Waals surface area contributed by atoms with Gasteiger partial charge in [0.15, 0.2) is 0 Å². The zero-order valence-electron chi connectivity index (χ0n) is 15.6. The summed E-state index contributed by atoms with van der Waals surface area (Å²) in [5.74, 6) is 3.39. The number of aryl methyl sites for hydroxylation is 1. The predicted octanol–water partition coefficient (Wildman–Crippen LogP) is 3.81. The molecule has 0 aliphatic heterocycles. The smallest absolute Gasteiger partial charge is 0.336 e. The number of rotatable bonds is 8. The standard InChI is InChI=1S/C21H25NO3S/c1-14(2)18-11-19-16(10-21(23)25-20(19)9-15(18)3)12-22-6-8-26-13-17-5-4-7-24-17/h4-5,7,9-11,14,22H,6,8,12-13H2,1-3H3/p+1. The number of nitrogens with two attached hydrogens (primary N) is 1. The van der Waals surface area contributed by atoms with Gasteiger partial charge in [0.1, 0.15) is 17.9 Å². The van der Waals surface area contributed by atoms with Crippen molar-refractivity contribution in [3.8, 4) is 0 Å². The predicted molar refractivity (Wildman–Crippen MR) is 107 cm³/mol. The SMILES string of the molecule is Cc1cc2oc(=O)cc(C[NH2+]CCSCc3ccco3)c2cc1C(C)C. The molecule has 0 aliphatic carbocycles. The van der Waals surface area contributed by atoms with E-state index in [0.29, 0.717) is 11.5 Å². The minimum Gasteiger partial charge on any atom is -0.468 e. The molecule has 0 atom stereocenters. The normalized spacial score (nSPS) is 11.5. The number of hydrogen-bond acceptors (Lipinski definition) is 4. The van der Waals surface area contributed by atoms with Gasteiger partial charge >= 0.3 is 5.63 Å². The van der Waals surface area contributed by atoms with Crippen molar-refractivity contribution >= 4 is 22.7 Å². The molecule has 0 fully saturated rings. The summed E-state index contributed by atoms with van der Waals surface area (Å²) < 4.78 is 10.8. The van der Waals surface area contributed by atoms with Crippen LogP contribution in [0.2, 0.25) is 0 Å². The van der Waals surface area contributed by atoms with E-state index in [2.05, 4.69) is 32.2 Å². The molecule has 0 unspecified atom stereocenters. The zero-order valence-corrected chi connectivity index (χ0v) is 16.4. The monoisotopic (exact) mass is 372 g/mol. The highest BCUT2D eigenvalue weighted by molar-refractivity contribution is 7.98. The van der Waals surface area contributed by atoms with Crippen molar-refractivity contribution in [1.29, 1.82) is 0 Å².